The van der Waals surface area contributed by atoms with Gasteiger partial charge >= 0.3 is 0 Å². The Bertz CT molecular complexity index is 1050. The van der Waals surface area contributed by atoms with E-state index in [9.17, 15) is 9.59 Å². The van der Waals surface area contributed by atoms with E-state index in [-0.39, 0.29) is 11.8 Å². The fourth-order valence-corrected chi connectivity index (χ4v) is 4.04. The molecule has 3 aromatic rings. The number of H-pyrrole nitrogens is 1. The van der Waals surface area contributed by atoms with Crippen LogP contribution in [0.5, 0.6) is 0 Å². The van der Waals surface area contributed by atoms with Gasteiger partial charge in [0.25, 0.3) is 0 Å². The summed E-state index contributed by atoms with van der Waals surface area (Å²) in [6.07, 6.45) is 2.85. The van der Waals surface area contributed by atoms with E-state index in [2.05, 4.69) is 15.4 Å². The fourth-order valence-electron chi connectivity index (χ4n) is 4.04. The quantitative estimate of drug-likeness (QED) is 0.714. The molecule has 1 unspecified atom stereocenters. The zero-order chi connectivity index (χ0) is 19.8. The molecule has 1 atom stereocenters. The van der Waals surface area contributed by atoms with Gasteiger partial charge in [-0.2, -0.15) is 5.10 Å². The SMILES string of the molecule is CCn1nc(C)c(NC(=O)C2CCC(=O)N2Cc2c[nH]c3ccccc23)c1C. The number of rotatable bonds is 5. The molecule has 2 N–H and O–H groups in total. The highest BCUT2D eigenvalue weighted by Gasteiger charge is 2.36. The Hall–Kier alpha value is -3.09. The molecule has 28 heavy (non-hydrogen) atoms. The summed E-state index contributed by atoms with van der Waals surface area (Å²) in [5.74, 6) is -0.129. The van der Waals surface area contributed by atoms with E-state index in [4.69, 9.17) is 0 Å². The van der Waals surface area contributed by atoms with E-state index >= 15 is 0 Å². The number of aromatic nitrogens is 3. The molecule has 1 fully saturated rings. The number of carbonyl (C=O) groups is 2. The van der Waals surface area contributed by atoms with Crippen molar-refractivity contribution in [1.82, 2.24) is 19.7 Å². The van der Waals surface area contributed by atoms with Gasteiger partial charge in [-0.05, 0) is 38.8 Å². The van der Waals surface area contributed by atoms with Gasteiger partial charge in [-0.25, -0.2) is 0 Å². The number of fused-ring (bicyclic) bond motifs is 1. The van der Waals surface area contributed by atoms with Gasteiger partial charge in [0.05, 0.1) is 17.1 Å². The minimum Gasteiger partial charge on any atom is -0.361 e. The molecule has 2 amide bonds. The molecule has 0 saturated carbocycles. The van der Waals surface area contributed by atoms with Crippen molar-refractivity contribution in [2.45, 2.75) is 52.7 Å². The highest BCUT2D eigenvalue weighted by molar-refractivity contribution is 5.99. The summed E-state index contributed by atoms with van der Waals surface area (Å²) in [6, 6.07) is 7.52. The van der Waals surface area contributed by atoms with Crippen molar-refractivity contribution >= 4 is 28.4 Å². The van der Waals surface area contributed by atoms with Crippen LogP contribution in [0, 0.1) is 13.8 Å². The van der Waals surface area contributed by atoms with Crippen molar-refractivity contribution in [3.8, 4) is 0 Å². The maximum absolute atomic E-state index is 13.0. The zero-order valence-corrected chi connectivity index (χ0v) is 16.5. The first-order chi connectivity index (χ1) is 13.5. The number of hydrogen-bond donors (Lipinski definition) is 2. The number of benzene rings is 1. The van der Waals surface area contributed by atoms with Crippen molar-refractivity contribution in [1.29, 1.82) is 0 Å². The van der Waals surface area contributed by atoms with Gasteiger partial charge in [0.15, 0.2) is 0 Å². The van der Waals surface area contributed by atoms with Crippen molar-refractivity contribution in [2.24, 2.45) is 0 Å². The normalized spacial score (nSPS) is 16.9. The molecule has 0 aliphatic carbocycles. The molecule has 146 valence electrons. The van der Waals surface area contributed by atoms with Crippen LogP contribution >= 0.6 is 0 Å². The lowest BCUT2D eigenvalue weighted by Gasteiger charge is -2.24. The van der Waals surface area contributed by atoms with Gasteiger partial charge in [0.1, 0.15) is 6.04 Å². The van der Waals surface area contributed by atoms with E-state index in [0.29, 0.717) is 19.4 Å². The first-order valence-corrected chi connectivity index (χ1v) is 9.69. The van der Waals surface area contributed by atoms with Crippen LogP contribution in [0.4, 0.5) is 5.69 Å². The standard InChI is InChI=1S/C21H25N5O2/c1-4-26-14(3)20(13(2)24-26)23-21(28)18-9-10-19(27)25(18)12-15-11-22-17-8-6-5-7-16(15)17/h5-8,11,18,22H,4,9-10,12H2,1-3H3,(H,23,28). The average Bonchev–Trinajstić information content (AvgIpc) is 3.35. The molecule has 1 aliphatic rings. The Morgan fingerprint density at radius 3 is 2.86 bits per heavy atom. The Balaban J connectivity index is 1.56. The van der Waals surface area contributed by atoms with Gasteiger partial charge in [0.2, 0.25) is 11.8 Å². The Morgan fingerprint density at radius 1 is 1.32 bits per heavy atom. The van der Waals surface area contributed by atoms with Gasteiger partial charge in [-0.15, -0.1) is 0 Å². The van der Waals surface area contributed by atoms with Crippen LogP contribution < -0.4 is 5.32 Å². The molecule has 7 nitrogen and oxygen atoms in total. The second-order valence-corrected chi connectivity index (χ2v) is 7.29. The number of aromatic amines is 1. The summed E-state index contributed by atoms with van der Waals surface area (Å²) in [6.45, 7) is 7.02. The molecule has 0 bridgehead atoms. The molecule has 1 aromatic carbocycles. The first kappa shape index (κ1) is 18.3. The van der Waals surface area contributed by atoms with E-state index < -0.39 is 6.04 Å². The number of anilines is 1. The molecular weight excluding hydrogens is 354 g/mol. The maximum Gasteiger partial charge on any atom is 0.247 e. The van der Waals surface area contributed by atoms with E-state index in [1.165, 1.54) is 0 Å². The summed E-state index contributed by atoms with van der Waals surface area (Å²) in [5.41, 5.74) is 4.53. The van der Waals surface area contributed by atoms with Gasteiger partial charge in [-0.1, -0.05) is 18.2 Å². The highest BCUT2D eigenvalue weighted by Crippen LogP contribution is 2.27. The molecule has 7 heteroatoms. The van der Waals surface area contributed by atoms with Gasteiger partial charge in [0, 0.05) is 36.6 Å². The summed E-state index contributed by atoms with van der Waals surface area (Å²) in [7, 11) is 0. The molecule has 1 aliphatic heterocycles. The average molecular weight is 379 g/mol. The van der Waals surface area contributed by atoms with Crippen molar-refractivity contribution in [2.75, 3.05) is 5.32 Å². The fraction of sp³-hybridized carbons (Fsp3) is 0.381. The van der Waals surface area contributed by atoms with Crippen LogP contribution in [0.25, 0.3) is 10.9 Å². The summed E-state index contributed by atoms with van der Waals surface area (Å²) in [4.78, 5) is 30.5. The second-order valence-electron chi connectivity index (χ2n) is 7.29. The third kappa shape index (κ3) is 3.06. The lowest BCUT2D eigenvalue weighted by molar-refractivity contribution is -0.133. The summed E-state index contributed by atoms with van der Waals surface area (Å²) < 4.78 is 1.87. The van der Waals surface area contributed by atoms with Crippen LogP contribution in [-0.4, -0.2) is 37.5 Å². The van der Waals surface area contributed by atoms with Crippen LogP contribution in [0.2, 0.25) is 0 Å². The Kier molecular flexibility index (Phi) is 4.66. The number of amides is 2. The van der Waals surface area contributed by atoms with Crippen LogP contribution in [0.1, 0.15) is 36.7 Å². The summed E-state index contributed by atoms with van der Waals surface area (Å²) in [5, 5.41) is 8.55. The zero-order valence-electron chi connectivity index (χ0n) is 16.5. The number of hydrogen-bond acceptors (Lipinski definition) is 3. The number of nitrogens with one attached hydrogen (secondary N) is 2. The molecule has 2 aromatic heterocycles. The lowest BCUT2D eigenvalue weighted by Crippen LogP contribution is -2.41. The Labute approximate surface area is 163 Å². The van der Waals surface area contributed by atoms with E-state index in [1.807, 2.05) is 55.9 Å². The third-order valence-corrected chi connectivity index (χ3v) is 5.58. The minimum atomic E-state index is -0.468. The molecule has 1 saturated heterocycles. The highest BCUT2D eigenvalue weighted by atomic mass is 16.2. The number of carbonyl (C=O) groups excluding carboxylic acids is 2. The van der Waals surface area contributed by atoms with Crippen LogP contribution in [0.3, 0.4) is 0 Å². The summed E-state index contributed by atoms with van der Waals surface area (Å²) >= 11 is 0. The van der Waals surface area contributed by atoms with Gasteiger partial charge < -0.3 is 15.2 Å². The van der Waals surface area contributed by atoms with Crippen molar-refractivity contribution in [3.05, 3.63) is 47.4 Å². The minimum absolute atomic E-state index is 0.0168. The second kappa shape index (κ2) is 7.14. The predicted octanol–water partition coefficient (Wildman–Crippen LogP) is 3.13. The number of nitrogens with zero attached hydrogens (tertiary/aromatic N) is 3. The number of likely N-dealkylation sites (tertiary alicyclic amines) is 1. The van der Waals surface area contributed by atoms with E-state index in [0.717, 1.165) is 40.1 Å². The topological polar surface area (TPSA) is 83.0 Å². The molecular formula is C21H25N5O2. The largest absolute Gasteiger partial charge is 0.361 e. The molecule has 0 spiro atoms. The molecule has 4 rings (SSSR count). The first-order valence-electron chi connectivity index (χ1n) is 9.69. The third-order valence-electron chi connectivity index (χ3n) is 5.58. The Morgan fingerprint density at radius 2 is 2.11 bits per heavy atom. The smallest absolute Gasteiger partial charge is 0.247 e. The van der Waals surface area contributed by atoms with Gasteiger partial charge in [-0.3, -0.25) is 14.3 Å². The number of aryl methyl sites for hydroxylation is 2. The number of para-hydroxylation sites is 1. The maximum atomic E-state index is 13.0. The monoisotopic (exact) mass is 379 g/mol. The van der Waals surface area contributed by atoms with Crippen LogP contribution in [0.15, 0.2) is 30.5 Å². The molecule has 3 heterocycles. The van der Waals surface area contributed by atoms with Crippen molar-refractivity contribution in [3.63, 3.8) is 0 Å². The molecule has 0 radical (unpaired) electrons. The predicted molar refractivity (Wildman–Crippen MR) is 108 cm³/mol. The van der Waals surface area contributed by atoms with Crippen LogP contribution in [-0.2, 0) is 22.7 Å². The van der Waals surface area contributed by atoms with E-state index in [1.54, 1.807) is 4.90 Å². The lowest BCUT2D eigenvalue weighted by atomic mass is 10.1. The van der Waals surface area contributed by atoms with Crippen molar-refractivity contribution < 1.29 is 9.59 Å².